The number of halogens is 3. The highest BCUT2D eigenvalue weighted by Gasteiger charge is 2.33. The zero-order chi connectivity index (χ0) is 16.0. The van der Waals surface area contributed by atoms with E-state index in [4.69, 9.17) is 10.4 Å². The van der Waals surface area contributed by atoms with Crippen molar-refractivity contribution in [2.75, 3.05) is 11.9 Å². The van der Waals surface area contributed by atoms with Crippen molar-refractivity contribution in [1.82, 2.24) is 0 Å². The van der Waals surface area contributed by atoms with Gasteiger partial charge in [0.05, 0.1) is 17.2 Å². The first-order valence-electron chi connectivity index (χ1n) is 6.35. The summed E-state index contributed by atoms with van der Waals surface area (Å²) in [5, 5.41) is 20.4. The molecule has 1 aromatic rings. The van der Waals surface area contributed by atoms with Crippen LogP contribution in [0, 0.1) is 17.2 Å². The van der Waals surface area contributed by atoms with Gasteiger partial charge in [-0.1, -0.05) is 13.3 Å². The lowest BCUT2D eigenvalue weighted by molar-refractivity contribution is -0.138. The first-order chi connectivity index (χ1) is 9.77. The predicted octanol–water partition coefficient (Wildman–Crippen LogP) is 3.49. The lowest BCUT2D eigenvalue weighted by Crippen LogP contribution is -2.17. The van der Waals surface area contributed by atoms with E-state index in [-0.39, 0.29) is 12.3 Å². The molecule has 7 heteroatoms. The van der Waals surface area contributed by atoms with Gasteiger partial charge in [-0.2, -0.15) is 18.4 Å². The van der Waals surface area contributed by atoms with Crippen molar-refractivity contribution in [2.24, 2.45) is 5.92 Å². The molecule has 0 heterocycles. The third-order valence-corrected chi connectivity index (χ3v) is 3.08. The Morgan fingerprint density at radius 3 is 2.62 bits per heavy atom. The van der Waals surface area contributed by atoms with Gasteiger partial charge in [-0.15, -0.1) is 0 Å². The number of alkyl halides is 3. The molecule has 114 valence electrons. The number of hydrogen-bond donors (Lipinski definition) is 2. The normalized spacial score (nSPS) is 12.5. The molecule has 4 nitrogen and oxygen atoms in total. The van der Waals surface area contributed by atoms with Gasteiger partial charge in [0.2, 0.25) is 0 Å². The number of carbonyl (C=O) groups is 1. The highest BCUT2D eigenvalue weighted by Crippen LogP contribution is 2.33. The van der Waals surface area contributed by atoms with Crippen molar-refractivity contribution < 1.29 is 23.1 Å². The van der Waals surface area contributed by atoms with Crippen LogP contribution in [0.4, 0.5) is 18.9 Å². The van der Waals surface area contributed by atoms with Gasteiger partial charge >= 0.3 is 12.1 Å². The summed E-state index contributed by atoms with van der Waals surface area (Å²) < 4.78 is 37.9. The number of carboxylic acids is 1. The van der Waals surface area contributed by atoms with Crippen molar-refractivity contribution in [3.63, 3.8) is 0 Å². The van der Waals surface area contributed by atoms with Gasteiger partial charge in [-0.05, 0) is 24.1 Å². The van der Waals surface area contributed by atoms with Crippen LogP contribution in [0.1, 0.15) is 30.9 Å². The van der Waals surface area contributed by atoms with E-state index in [0.29, 0.717) is 18.7 Å². The zero-order valence-corrected chi connectivity index (χ0v) is 11.4. The largest absolute Gasteiger partial charge is 0.481 e. The Bertz CT molecular complexity index is 550. The van der Waals surface area contributed by atoms with Gasteiger partial charge in [0, 0.05) is 18.7 Å². The standard InChI is InChI=1S/C14H15F3N2O2/c1-2-9(5-13(20)21)8-19-11-3-4-12(14(15,16)17)10(6-11)7-18/h3-4,6,9,19H,2,5,8H2,1H3,(H,20,21). The number of nitrogens with zero attached hydrogens (tertiary/aromatic N) is 1. The van der Waals surface area contributed by atoms with E-state index in [1.165, 1.54) is 12.1 Å². The second-order valence-corrected chi connectivity index (χ2v) is 4.62. The number of benzene rings is 1. The Labute approximate surface area is 120 Å². The molecule has 0 saturated carbocycles. The lowest BCUT2D eigenvalue weighted by Gasteiger charge is -2.15. The third kappa shape index (κ3) is 4.99. The first kappa shape index (κ1) is 16.8. The molecule has 0 saturated heterocycles. The molecule has 1 unspecified atom stereocenters. The van der Waals surface area contributed by atoms with E-state index < -0.39 is 23.3 Å². The zero-order valence-electron chi connectivity index (χ0n) is 11.4. The van der Waals surface area contributed by atoms with Gasteiger partial charge in [-0.25, -0.2) is 0 Å². The van der Waals surface area contributed by atoms with E-state index >= 15 is 0 Å². The average Bonchev–Trinajstić information content (AvgIpc) is 2.41. The fraction of sp³-hybridized carbons (Fsp3) is 0.429. The van der Waals surface area contributed by atoms with Crippen LogP contribution in [-0.4, -0.2) is 17.6 Å². The van der Waals surface area contributed by atoms with Gasteiger partial charge in [0.15, 0.2) is 0 Å². The Kier molecular flexibility index (Phi) is 5.59. The molecule has 21 heavy (non-hydrogen) atoms. The molecule has 0 fully saturated rings. The Hall–Kier alpha value is -2.23. The van der Waals surface area contributed by atoms with Crippen molar-refractivity contribution in [3.05, 3.63) is 29.3 Å². The molecule has 0 amide bonds. The molecule has 0 aliphatic rings. The molecule has 1 atom stereocenters. The maximum absolute atomic E-state index is 12.6. The minimum absolute atomic E-state index is 0.0186. The molecule has 0 aliphatic heterocycles. The van der Waals surface area contributed by atoms with Crippen LogP contribution < -0.4 is 5.32 Å². The summed E-state index contributed by atoms with van der Waals surface area (Å²) in [6, 6.07) is 4.72. The summed E-state index contributed by atoms with van der Waals surface area (Å²) in [4.78, 5) is 10.6. The minimum Gasteiger partial charge on any atom is -0.481 e. The van der Waals surface area contributed by atoms with E-state index in [1.807, 2.05) is 6.92 Å². The topological polar surface area (TPSA) is 73.1 Å². The van der Waals surface area contributed by atoms with Crippen LogP contribution in [0.15, 0.2) is 18.2 Å². The highest BCUT2D eigenvalue weighted by molar-refractivity contribution is 5.67. The first-order valence-corrected chi connectivity index (χ1v) is 6.35. The number of aliphatic carboxylic acids is 1. The quantitative estimate of drug-likeness (QED) is 0.843. The molecule has 2 N–H and O–H groups in total. The second kappa shape index (κ2) is 6.97. The predicted molar refractivity (Wildman–Crippen MR) is 70.7 cm³/mol. The molecular weight excluding hydrogens is 285 g/mol. The lowest BCUT2D eigenvalue weighted by atomic mass is 10.0. The highest BCUT2D eigenvalue weighted by atomic mass is 19.4. The summed E-state index contributed by atoms with van der Waals surface area (Å²) in [5.41, 5.74) is -1.07. The third-order valence-electron chi connectivity index (χ3n) is 3.08. The van der Waals surface area contributed by atoms with Crippen LogP contribution in [0.2, 0.25) is 0 Å². The van der Waals surface area contributed by atoms with Crippen LogP contribution >= 0.6 is 0 Å². The van der Waals surface area contributed by atoms with Crippen molar-refractivity contribution >= 4 is 11.7 Å². The molecule has 1 aromatic carbocycles. The molecular formula is C14H15F3N2O2. The average molecular weight is 300 g/mol. The maximum atomic E-state index is 12.6. The fourth-order valence-electron chi connectivity index (χ4n) is 1.86. The fourth-order valence-corrected chi connectivity index (χ4v) is 1.86. The van der Waals surface area contributed by atoms with Gasteiger partial charge in [0.1, 0.15) is 0 Å². The molecule has 0 aliphatic carbocycles. The van der Waals surface area contributed by atoms with Crippen LogP contribution in [0.5, 0.6) is 0 Å². The number of rotatable bonds is 6. The summed E-state index contributed by atoms with van der Waals surface area (Å²) in [5.74, 6) is -1.05. The van der Waals surface area contributed by atoms with E-state index in [2.05, 4.69) is 5.32 Å². The van der Waals surface area contributed by atoms with E-state index in [0.717, 1.165) is 12.1 Å². The van der Waals surface area contributed by atoms with Crippen LogP contribution in [-0.2, 0) is 11.0 Å². The summed E-state index contributed by atoms with van der Waals surface area (Å²) in [6.07, 6.45) is -3.96. The van der Waals surface area contributed by atoms with E-state index in [1.54, 1.807) is 0 Å². The smallest absolute Gasteiger partial charge is 0.417 e. The van der Waals surface area contributed by atoms with Crippen molar-refractivity contribution in [1.29, 1.82) is 5.26 Å². The Morgan fingerprint density at radius 1 is 1.48 bits per heavy atom. The minimum atomic E-state index is -4.57. The van der Waals surface area contributed by atoms with Gasteiger partial charge < -0.3 is 10.4 Å². The molecule has 0 radical (unpaired) electrons. The summed E-state index contributed by atoms with van der Waals surface area (Å²) >= 11 is 0. The monoisotopic (exact) mass is 300 g/mol. The van der Waals surface area contributed by atoms with E-state index in [9.17, 15) is 18.0 Å². The Balaban J connectivity index is 2.82. The summed E-state index contributed by atoms with van der Waals surface area (Å²) in [7, 11) is 0. The van der Waals surface area contributed by atoms with Gasteiger partial charge in [-0.3, -0.25) is 4.79 Å². The van der Waals surface area contributed by atoms with Crippen molar-refractivity contribution in [3.8, 4) is 6.07 Å². The second-order valence-electron chi connectivity index (χ2n) is 4.62. The number of carboxylic acid groups (broad SMARTS) is 1. The SMILES string of the molecule is CCC(CNc1ccc(C(F)(F)F)c(C#N)c1)CC(=O)O. The summed E-state index contributed by atoms with van der Waals surface area (Å²) in [6.45, 7) is 2.15. The molecule has 0 spiro atoms. The van der Waals surface area contributed by atoms with Crippen LogP contribution in [0.3, 0.4) is 0 Å². The molecule has 1 rings (SSSR count). The molecule has 0 bridgehead atoms. The number of nitriles is 1. The Morgan fingerprint density at radius 2 is 2.14 bits per heavy atom. The molecule has 0 aromatic heterocycles. The number of nitrogens with one attached hydrogen (secondary N) is 1. The number of anilines is 1. The number of hydrogen-bond acceptors (Lipinski definition) is 3. The van der Waals surface area contributed by atoms with Crippen molar-refractivity contribution in [2.45, 2.75) is 25.9 Å². The van der Waals surface area contributed by atoms with Gasteiger partial charge in [0.25, 0.3) is 0 Å². The maximum Gasteiger partial charge on any atom is 0.417 e. The van der Waals surface area contributed by atoms with Crippen LogP contribution in [0.25, 0.3) is 0 Å².